The fraction of sp³-hybridized carbons (Fsp3) is 0.429. The number of amides is 1. The largest absolute Gasteiger partial charge is 0.416 e. The number of halogens is 4. The highest BCUT2D eigenvalue weighted by atomic mass is 35.5. The van der Waals surface area contributed by atoms with Crippen LogP contribution in [0.25, 0.3) is 0 Å². The Bertz CT molecular complexity index is 864. The quantitative estimate of drug-likeness (QED) is 0.668. The molecule has 2 N–H and O–H groups in total. The molecule has 0 saturated heterocycles. The van der Waals surface area contributed by atoms with E-state index in [9.17, 15) is 18.0 Å². The van der Waals surface area contributed by atoms with Crippen LogP contribution in [0.5, 0.6) is 0 Å². The Hall–Kier alpha value is -2.28. The Morgan fingerprint density at radius 3 is 2.59 bits per heavy atom. The molecule has 0 aliphatic heterocycles. The number of nitrogens with zero attached hydrogens (tertiary/aromatic N) is 1. The summed E-state index contributed by atoms with van der Waals surface area (Å²) >= 11 is 5.95. The molecule has 0 bridgehead atoms. The molecule has 4 nitrogen and oxygen atoms in total. The summed E-state index contributed by atoms with van der Waals surface area (Å²) < 4.78 is 38.7. The summed E-state index contributed by atoms with van der Waals surface area (Å²) in [5, 5.41) is 6.27. The summed E-state index contributed by atoms with van der Waals surface area (Å²) in [5.41, 5.74) is 1.13. The normalized spacial score (nSPS) is 19.6. The van der Waals surface area contributed by atoms with Crippen molar-refractivity contribution in [3.05, 3.63) is 58.4 Å². The summed E-state index contributed by atoms with van der Waals surface area (Å²) in [6.45, 7) is 2.85. The number of carbonyl (C=O) groups excluding carboxylic acids is 1. The van der Waals surface area contributed by atoms with E-state index in [-0.39, 0.29) is 16.6 Å². The van der Waals surface area contributed by atoms with E-state index in [0.29, 0.717) is 5.92 Å². The number of hydrogen-bond donors (Lipinski definition) is 2. The lowest BCUT2D eigenvalue weighted by Crippen LogP contribution is -2.38. The van der Waals surface area contributed by atoms with Crippen molar-refractivity contribution in [1.29, 1.82) is 0 Å². The van der Waals surface area contributed by atoms with E-state index in [1.807, 2.05) is 13.0 Å². The summed E-state index contributed by atoms with van der Waals surface area (Å²) in [5.74, 6) is -0.0893. The summed E-state index contributed by atoms with van der Waals surface area (Å²) in [6, 6.07) is 4.69. The Balaban J connectivity index is 1.52. The Morgan fingerprint density at radius 2 is 1.93 bits per heavy atom. The highest BCUT2D eigenvalue weighted by Gasteiger charge is 2.32. The fourth-order valence-electron chi connectivity index (χ4n) is 3.55. The fourth-order valence-corrected chi connectivity index (χ4v) is 3.76. The zero-order valence-electron chi connectivity index (χ0n) is 16.0. The highest BCUT2D eigenvalue weighted by molar-refractivity contribution is 6.33. The SMILES string of the molecule is Cc1ccncc1NCC1CCC(NC(=O)c2cc(C(F)(F)F)ccc2Cl)CC1. The number of nitrogens with one attached hydrogen (secondary N) is 2. The van der Waals surface area contributed by atoms with Crippen molar-refractivity contribution < 1.29 is 18.0 Å². The van der Waals surface area contributed by atoms with Crippen molar-refractivity contribution in [2.45, 2.75) is 44.8 Å². The van der Waals surface area contributed by atoms with Crippen molar-refractivity contribution in [3.8, 4) is 0 Å². The molecule has 1 aromatic carbocycles. The molecule has 1 fully saturated rings. The number of carbonyl (C=O) groups is 1. The van der Waals surface area contributed by atoms with Gasteiger partial charge in [0.25, 0.3) is 5.91 Å². The van der Waals surface area contributed by atoms with Gasteiger partial charge in [-0.25, -0.2) is 0 Å². The average Bonchev–Trinajstić information content (AvgIpc) is 2.68. The van der Waals surface area contributed by atoms with Crippen LogP contribution in [0, 0.1) is 12.8 Å². The van der Waals surface area contributed by atoms with E-state index >= 15 is 0 Å². The minimum atomic E-state index is -4.52. The predicted molar refractivity (Wildman–Crippen MR) is 107 cm³/mol. The van der Waals surface area contributed by atoms with Crippen LogP contribution in [-0.4, -0.2) is 23.5 Å². The van der Waals surface area contributed by atoms with Crippen molar-refractivity contribution in [2.24, 2.45) is 5.92 Å². The molecule has 2 aromatic rings. The predicted octanol–water partition coefficient (Wildman–Crippen LogP) is 5.46. The molecule has 156 valence electrons. The van der Waals surface area contributed by atoms with Crippen LogP contribution in [0.2, 0.25) is 5.02 Å². The number of anilines is 1. The first-order valence-electron chi connectivity index (χ1n) is 9.56. The number of aryl methyl sites for hydroxylation is 1. The van der Waals surface area contributed by atoms with E-state index in [1.165, 1.54) is 0 Å². The van der Waals surface area contributed by atoms with Gasteiger partial charge >= 0.3 is 6.18 Å². The molecule has 3 rings (SSSR count). The molecule has 0 radical (unpaired) electrons. The minimum Gasteiger partial charge on any atom is -0.383 e. The first-order chi connectivity index (χ1) is 13.7. The summed E-state index contributed by atoms with van der Waals surface area (Å²) in [4.78, 5) is 16.6. The zero-order valence-corrected chi connectivity index (χ0v) is 16.8. The maximum atomic E-state index is 12.9. The van der Waals surface area contributed by atoms with Crippen LogP contribution in [0.15, 0.2) is 36.7 Å². The molecule has 29 heavy (non-hydrogen) atoms. The van der Waals surface area contributed by atoms with Crippen LogP contribution >= 0.6 is 11.6 Å². The lowest BCUT2D eigenvalue weighted by Gasteiger charge is -2.29. The topological polar surface area (TPSA) is 54.0 Å². The smallest absolute Gasteiger partial charge is 0.383 e. The Labute approximate surface area is 172 Å². The van der Waals surface area contributed by atoms with Crippen molar-refractivity contribution in [1.82, 2.24) is 10.3 Å². The molecular weight excluding hydrogens is 403 g/mol. The number of rotatable bonds is 5. The molecule has 1 aliphatic rings. The van der Waals surface area contributed by atoms with E-state index in [0.717, 1.165) is 61.7 Å². The molecule has 1 saturated carbocycles. The second-order valence-electron chi connectivity index (χ2n) is 7.45. The van der Waals surface area contributed by atoms with Gasteiger partial charge in [-0.15, -0.1) is 0 Å². The van der Waals surface area contributed by atoms with Gasteiger partial charge < -0.3 is 10.6 Å². The second kappa shape index (κ2) is 9.03. The van der Waals surface area contributed by atoms with Crippen molar-refractivity contribution in [3.63, 3.8) is 0 Å². The molecule has 1 amide bonds. The van der Waals surface area contributed by atoms with E-state index in [2.05, 4.69) is 15.6 Å². The first-order valence-corrected chi connectivity index (χ1v) is 9.94. The molecule has 0 spiro atoms. The number of aromatic nitrogens is 1. The molecular formula is C21H23ClF3N3O. The maximum absolute atomic E-state index is 12.9. The van der Waals surface area contributed by atoms with E-state index in [4.69, 9.17) is 11.6 Å². The van der Waals surface area contributed by atoms with Gasteiger partial charge in [-0.05, 0) is 68.4 Å². The van der Waals surface area contributed by atoms with Gasteiger partial charge in [-0.2, -0.15) is 13.2 Å². The Morgan fingerprint density at radius 1 is 1.21 bits per heavy atom. The minimum absolute atomic E-state index is 0.0141. The molecule has 1 heterocycles. The number of benzene rings is 1. The monoisotopic (exact) mass is 425 g/mol. The standard InChI is InChI=1S/C21H23ClF3N3O/c1-13-8-9-26-12-19(13)27-11-14-2-5-16(6-3-14)28-20(29)17-10-15(21(23,24)25)4-7-18(17)22/h4,7-10,12,14,16,27H,2-3,5-6,11H2,1H3,(H,28,29). The zero-order chi connectivity index (χ0) is 21.0. The molecule has 0 atom stereocenters. The second-order valence-corrected chi connectivity index (χ2v) is 7.86. The van der Waals surface area contributed by atoms with Crippen molar-refractivity contribution >= 4 is 23.2 Å². The number of pyridine rings is 1. The van der Waals surface area contributed by atoms with Gasteiger partial charge in [0.15, 0.2) is 0 Å². The van der Waals surface area contributed by atoms with E-state index < -0.39 is 17.6 Å². The maximum Gasteiger partial charge on any atom is 0.416 e. The van der Waals surface area contributed by atoms with Crippen LogP contribution in [0.4, 0.5) is 18.9 Å². The van der Waals surface area contributed by atoms with Gasteiger partial charge in [0.1, 0.15) is 0 Å². The van der Waals surface area contributed by atoms with Gasteiger partial charge in [0.05, 0.1) is 28.0 Å². The van der Waals surface area contributed by atoms with Crippen molar-refractivity contribution in [2.75, 3.05) is 11.9 Å². The number of alkyl halides is 3. The van der Waals surface area contributed by atoms with Gasteiger partial charge in [-0.1, -0.05) is 11.6 Å². The highest BCUT2D eigenvalue weighted by Crippen LogP contribution is 2.32. The summed E-state index contributed by atoms with van der Waals surface area (Å²) in [6.07, 6.45) is 2.45. The molecule has 8 heteroatoms. The van der Waals surface area contributed by atoms with Gasteiger partial charge in [-0.3, -0.25) is 9.78 Å². The lowest BCUT2D eigenvalue weighted by molar-refractivity contribution is -0.137. The van der Waals surface area contributed by atoms with Crippen LogP contribution in [0.1, 0.15) is 47.2 Å². The van der Waals surface area contributed by atoms with Gasteiger partial charge in [0, 0.05) is 18.8 Å². The third kappa shape index (κ3) is 5.63. The lowest BCUT2D eigenvalue weighted by atomic mass is 9.85. The van der Waals surface area contributed by atoms with Crippen LogP contribution in [-0.2, 0) is 6.18 Å². The van der Waals surface area contributed by atoms with E-state index in [1.54, 1.807) is 12.4 Å². The third-order valence-electron chi connectivity index (χ3n) is 5.34. The summed E-state index contributed by atoms with van der Waals surface area (Å²) in [7, 11) is 0. The Kier molecular flexibility index (Phi) is 6.67. The average molecular weight is 426 g/mol. The molecule has 1 aromatic heterocycles. The number of hydrogen-bond acceptors (Lipinski definition) is 3. The molecule has 0 unspecified atom stereocenters. The molecule has 1 aliphatic carbocycles. The van der Waals surface area contributed by atoms with Crippen LogP contribution in [0.3, 0.4) is 0 Å². The third-order valence-corrected chi connectivity index (χ3v) is 5.67. The van der Waals surface area contributed by atoms with Crippen LogP contribution < -0.4 is 10.6 Å². The van der Waals surface area contributed by atoms with Gasteiger partial charge in [0.2, 0.25) is 0 Å². The first kappa shape index (κ1) is 21.4.